The number of carbonyl (C=O) groups excluding carboxylic acids is 2. The van der Waals surface area contributed by atoms with E-state index in [4.69, 9.17) is 4.74 Å². The fraction of sp³-hybridized carbons (Fsp3) is 0.481. The summed E-state index contributed by atoms with van der Waals surface area (Å²) in [4.78, 5) is 29.3. The Hall–Kier alpha value is -2.82. The zero-order valence-corrected chi connectivity index (χ0v) is 19.9. The molecule has 1 saturated heterocycles. The predicted octanol–water partition coefficient (Wildman–Crippen LogP) is 4.83. The van der Waals surface area contributed by atoms with Crippen LogP contribution in [0.15, 0.2) is 48.5 Å². The number of ether oxygens (including phenoxy) is 1. The van der Waals surface area contributed by atoms with Crippen LogP contribution in [-0.4, -0.2) is 54.4 Å². The van der Waals surface area contributed by atoms with Crippen molar-refractivity contribution in [2.75, 3.05) is 32.8 Å². The van der Waals surface area contributed by atoms with Crippen molar-refractivity contribution in [3.05, 3.63) is 65.2 Å². The summed E-state index contributed by atoms with van der Waals surface area (Å²) in [5.74, 6) is 1.04. The molecule has 1 aliphatic heterocycles. The molecule has 0 aromatic heterocycles. The molecule has 172 valence electrons. The molecule has 3 rings (SSSR count). The van der Waals surface area contributed by atoms with Crippen molar-refractivity contribution < 1.29 is 14.3 Å². The average molecular weight is 437 g/mol. The van der Waals surface area contributed by atoms with E-state index in [1.54, 1.807) is 0 Å². The van der Waals surface area contributed by atoms with Crippen molar-refractivity contribution in [1.29, 1.82) is 0 Å². The third-order valence-electron chi connectivity index (χ3n) is 6.04. The van der Waals surface area contributed by atoms with Crippen LogP contribution in [0.2, 0.25) is 0 Å². The summed E-state index contributed by atoms with van der Waals surface area (Å²) >= 11 is 0. The van der Waals surface area contributed by atoms with E-state index in [1.165, 1.54) is 5.56 Å². The van der Waals surface area contributed by atoms with Gasteiger partial charge in [0.2, 0.25) is 5.91 Å². The van der Waals surface area contributed by atoms with Crippen molar-refractivity contribution in [2.45, 2.75) is 52.4 Å². The molecule has 5 heteroatoms. The van der Waals surface area contributed by atoms with Crippen LogP contribution in [0.1, 0.15) is 61.5 Å². The highest BCUT2D eigenvalue weighted by Crippen LogP contribution is 2.24. The highest BCUT2D eigenvalue weighted by molar-refractivity contribution is 5.95. The molecule has 0 unspecified atom stereocenters. The molecule has 0 aliphatic carbocycles. The second-order valence-corrected chi connectivity index (χ2v) is 9.57. The van der Waals surface area contributed by atoms with E-state index in [2.05, 4.69) is 32.9 Å². The molecule has 0 spiro atoms. The van der Waals surface area contributed by atoms with E-state index in [9.17, 15) is 9.59 Å². The van der Waals surface area contributed by atoms with Gasteiger partial charge < -0.3 is 14.5 Å². The number of rotatable bonds is 6. The van der Waals surface area contributed by atoms with Crippen molar-refractivity contribution in [3.8, 4) is 5.75 Å². The molecule has 5 nitrogen and oxygen atoms in total. The molecule has 2 aromatic rings. The number of amides is 2. The number of benzene rings is 2. The second-order valence-electron chi connectivity index (χ2n) is 9.57. The van der Waals surface area contributed by atoms with E-state index < -0.39 is 0 Å². The quantitative estimate of drug-likeness (QED) is 0.610. The lowest BCUT2D eigenvalue weighted by molar-refractivity contribution is -0.131. The Kier molecular flexibility index (Phi) is 7.94. The van der Waals surface area contributed by atoms with Crippen LogP contribution in [0.3, 0.4) is 0 Å². The van der Waals surface area contributed by atoms with Crippen LogP contribution in [0.25, 0.3) is 0 Å². The van der Waals surface area contributed by atoms with Gasteiger partial charge >= 0.3 is 0 Å². The maximum atomic E-state index is 12.9. The first-order valence-electron chi connectivity index (χ1n) is 11.6. The molecule has 0 radical (unpaired) electrons. The summed E-state index contributed by atoms with van der Waals surface area (Å²) in [6.45, 7) is 11.6. The molecular weight excluding hydrogens is 400 g/mol. The fourth-order valence-corrected chi connectivity index (χ4v) is 3.98. The summed E-state index contributed by atoms with van der Waals surface area (Å²) in [5.41, 5.74) is 3.14. The van der Waals surface area contributed by atoms with Gasteiger partial charge in [-0.25, -0.2) is 0 Å². The number of carbonyl (C=O) groups is 2. The number of aryl methyl sites for hydroxylation is 1. The standard InChI is InChI=1S/C27H36N2O3/c1-21-9-5-6-10-24(21)26(31)29-17-8-16-28(18-19-29)25(30)11-7-20-32-23-14-12-22(13-15-23)27(2,3)4/h5-6,9-10,12-15H,7-8,11,16-20H2,1-4H3. The van der Waals surface area contributed by atoms with Crippen LogP contribution in [0.4, 0.5) is 0 Å². The summed E-state index contributed by atoms with van der Waals surface area (Å²) in [6, 6.07) is 15.9. The zero-order chi connectivity index (χ0) is 23.1. The maximum absolute atomic E-state index is 12.9. The molecule has 2 aromatic carbocycles. The Morgan fingerprint density at radius 3 is 2.25 bits per heavy atom. The Morgan fingerprint density at radius 1 is 0.906 bits per heavy atom. The fourth-order valence-electron chi connectivity index (χ4n) is 3.98. The van der Waals surface area contributed by atoms with E-state index in [-0.39, 0.29) is 17.2 Å². The molecule has 1 aliphatic rings. The summed E-state index contributed by atoms with van der Waals surface area (Å²) < 4.78 is 5.82. The number of nitrogens with zero attached hydrogens (tertiary/aromatic N) is 2. The first-order chi connectivity index (χ1) is 15.3. The Bertz CT molecular complexity index is 915. The smallest absolute Gasteiger partial charge is 0.254 e. The molecule has 0 bridgehead atoms. The Labute approximate surface area is 192 Å². The Balaban J connectivity index is 1.42. The number of hydrogen-bond donors (Lipinski definition) is 0. The van der Waals surface area contributed by atoms with E-state index in [0.29, 0.717) is 45.6 Å². The maximum Gasteiger partial charge on any atom is 0.254 e. The molecular formula is C27H36N2O3. The van der Waals surface area contributed by atoms with Gasteiger partial charge in [0, 0.05) is 38.2 Å². The molecule has 0 N–H and O–H groups in total. The van der Waals surface area contributed by atoms with Gasteiger partial charge in [0.15, 0.2) is 0 Å². The highest BCUT2D eigenvalue weighted by atomic mass is 16.5. The van der Waals surface area contributed by atoms with Gasteiger partial charge in [-0.05, 0) is 54.5 Å². The second kappa shape index (κ2) is 10.7. The monoisotopic (exact) mass is 436 g/mol. The summed E-state index contributed by atoms with van der Waals surface area (Å²) in [7, 11) is 0. The largest absolute Gasteiger partial charge is 0.494 e. The SMILES string of the molecule is Cc1ccccc1C(=O)N1CCCN(C(=O)CCCOc2ccc(C(C)(C)C)cc2)CC1. The lowest BCUT2D eigenvalue weighted by Crippen LogP contribution is -2.37. The lowest BCUT2D eigenvalue weighted by Gasteiger charge is -2.23. The van der Waals surface area contributed by atoms with E-state index in [0.717, 1.165) is 23.3 Å². The van der Waals surface area contributed by atoms with Crippen molar-refractivity contribution >= 4 is 11.8 Å². The van der Waals surface area contributed by atoms with Crippen molar-refractivity contribution in [3.63, 3.8) is 0 Å². The minimum atomic E-state index is 0.0586. The zero-order valence-electron chi connectivity index (χ0n) is 19.9. The van der Waals surface area contributed by atoms with Crippen molar-refractivity contribution in [1.82, 2.24) is 9.80 Å². The topological polar surface area (TPSA) is 49.9 Å². The molecule has 0 saturated carbocycles. The third-order valence-corrected chi connectivity index (χ3v) is 6.04. The summed E-state index contributed by atoms with van der Waals surface area (Å²) in [6.07, 6.45) is 1.95. The molecule has 1 heterocycles. The lowest BCUT2D eigenvalue weighted by atomic mass is 9.87. The normalized spacial score (nSPS) is 14.8. The van der Waals surface area contributed by atoms with E-state index in [1.807, 2.05) is 53.1 Å². The van der Waals surface area contributed by atoms with Crippen molar-refractivity contribution in [2.24, 2.45) is 0 Å². The van der Waals surface area contributed by atoms with Gasteiger partial charge in [0.05, 0.1) is 6.61 Å². The first kappa shape index (κ1) is 23.8. The first-order valence-corrected chi connectivity index (χ1v) is 11.6. The van der Waals surface area contributed by atoms with Gasteiger partial charge in [-0.15, -0.1) is 0 Å². The van der Waals surface area contributed by atoms with Gasteiger partial charge in [0.25, 0.3) is 5.91 Å². The molecule has 2 amide bonds. The van der Waals surface area contributed by atoms with Gasteiger partial charge in [-0.3, -0.25) is 9.59 Å². The van der Waals surface area contributed by atoms with Crippen LogP contribution in [0.5, 0.6) is 5.75 Å². The predicted molar refractivity (Wildman–Crippen MR) is 128 cm³/mol. The van der Waals surface area contributed by atoms with Gasteiger partial charge in [-0.1, -0.05) is 51.1 Å². The molecule has 0 atom stereocenters. The van der Waals surface area contributed by atoms with Crippen LogP contribution >= 0.6 is 0 Å². The van der Waals surface area contributed by atoms with Crippen LogP contribution in [-0.2, 0) is 10.2 Å². The molecule has 32 heavy (non-hydrogen) atoms. The van der Waals surface area contributed by atoms with Gasteiger partial charge in [0.1, 0.15) is 5.75 Å². The number of hydrogen-bond acceptors (Lipinski definition) is 3. The van der Waals surface area contributed by atoms with Crippen LogP contribution < -0.4 is 4.74 Å². The summed E-state index contributed by atoms with van der Waals surface area (Å²) in [5, 5.41) is 0. The van der Waals surface area contributed by atoms with E-state index >= 15 is 0 Å². The minimum Gasteiger partial charge on any atom is -0.494 e. The molecule has 1 fully saturated rings. The third kappa shape index (κ3) is 6.35. The van der Waals surface area contributed by atoms with Gasteiger partial charge in [-0.2, -0.15) is 0 Å². The Morgan fingerprint density at radius 2 is 1.56 bits per heavy atom. The average Bonchev–Trinajstić information content (AvgIpc) is 3.03. The highest BCUT2D eigenvalue weighted by Gasteiger charge is 2.23. The van der Waals surface area contributed by atoms with Crippen LogP contribution in [0, 0.1) is 6.92 Å². The minimum absolute atomic E-state index is 0.0586.